The van der Waals surface area contributed by atoms with Gasteiger partial charge < -0.3 is 15.0 Å². The van der Waals surface area contributed by atoms with Crippen LogP contribution in [0.25, 0.3) is 5.70 Å². The second kappa shape index (κ2) is 10.8. The van der Waals surface area contributed by atoms with Gasteiger partial charge in [-0.1, -0.05) is 90.6 Å². The summed E-state index contributed by atoms with van der Waals surface area (Å²) in [6.07, 6.45) is 0. The minimum atomic E-state index is -0.700. The van der Waals surface area contributed by atoms with Crippen molar-refractivity contribution >= 4 is 29.2 Å². The summed E-state index contributed by atoms with van der Waals surface area (Å²) in [7, 11) is 0. The number of carbonyl (C=O) groups is 1. The molecule has 1 unspecified atom stereocenters. The van der Waals surface area contributed by atoms with Gasteiger partial charge in [0.1, 0.15) is 11.6 Å². The Hall–Kier alpha value is -4.17. The van der Waals surface area contributed by atoms with Crippen LogP contribution in [0.2, 0.25) is 0 Å². The molecule has 2 N–H and O–H groups in total. The number of aromatic nitrogens is 2. The van der Waals surface area contributed by atoms with Gasteiger partial charge in [-0.2, -0.15) is 0 Å². The van der Waals surface area contributed by atoms with Crippen molar-refractivity contribution in [1.29, 1.82) is 0 Å². The number of ether oxygens (including phenoxy) is 1. The molecular formula is C29H24FN3O3S. The maximum atomic E-state index is 14.1. The molecule has 0 fully saturated rings. The summed E-state index contributed by atoms with van der Waals surface area (Å²) in [6.45, 7) is 1.94. The number of hydrogen-bond acceptors (Lipinski definition) is 6. The van der Waals surface area contributed by atoms with Crippen molar-refractivity contribution in [2.75, 3.05) is 11.9 Å². The minimum absolute atomic E-state index is 0.193. The van der Waals surface area contributed by atoms with Gasteiger partial charge in [0.2, 0.25) is 0 Å². The molecule has 6 nitrogen and oxygen atoms in total. The second-order valence-electron chi connectivity index (χ2n) is 8.36. The Bertz CT molecular complexity index is 1520. The van der Waals surface area contributed by atoms with Crippen molar-refractivity contribution < 1.29 is 13.9 Å². The van der Waals surface area contributed by atoms with Gasteiger partial charge in [-0.05, 0) is 29.7 Å². The molecule has 1 atom stereocenters. The molecule has 0 bridgehead atoms. The number of thioether (sulfide) groups is 1. The van der Waals surface area contributed by atoms with E-state index in [4.69, 9.17) is 9.72 Å². The van der Waals surface area contributed by atoms with Gasteiger partial charge in [-0.15, -0.1) is 0 Å². The first-order valence-corrected chi connectivity index (χ1v) is 12.8. The molecule has 0 spiro atoms. The van der Waals surface area contributed by atoms with E-state index < -0.39 is 11.9 Å². The fourth-order valence-corrected chi connectivity index (χ4v) is 5.22. The third kappa shape index (κ3) is 5.06. The van der Waals surface area contributed by atoms with E-state index in [0.717, 1.165) is 11.1 Å². The Morgan fingerprint density at radius 1 is 1.00 bits per heavy atom. The summed E-state index contributed by atoms with van der Waals surface area (Å²) in [4.78, 5) is 34.4. The highest BCUT2D eigenvalue weighted by Crippen LogP contribution is 2.43. The predicted octanol–water partition coefficient (Wildman–Crippen LogP) is 5.73. The van der Waals surface area contributed by atoms with E-state index in [1.54, 1.807) is 25.1 Å². The Labute approximate surface area is 217 Å². The number of hydrogen-bond donors (Lipinski definition) is 2. The predicted molar refractivity (Wildman–Crippen MR) is 143 cm³/mol. The molecule has 0 saturated heterocycles. The van der Waals surface area contributed by atoms with Gasteiger partial charge in [-0.3, -0.25) is 4.79 Å². The van der Waals surface area contributed by atoms with E-state index in [1.165, 1.54) is 17.8 Å². The molecule has 3 aromatic carbocycles. The van der Waals surface area contributed by atoms with Crippen molar-refractivity contribution in [2.45, 2.75) is 23.8 Å². The fraction of sp³-hybridized carbons (Fsp3) is 0.138. The molecule has 5 rings (SSSR count). The number of carbonyl (C=O) groups excluding carboxylic acids is 1. The molecule has 1 aromatic heterocycles. The largest absolute Gasteiger partial charge is 0.463 e. The Morgan fingerprint density at radius 3 is 2.38 bits per heavy atom. The van der Waals surface area contributed by atoms with E-state index in [9.17, 15) is 14.0 Å². The van der Waals surface area contributed by atoms with Gasteiger partial charge in [0, 0.05) is 5.75 Å². The molecule has 1 aliphatic rings. The van der Waals surface area contributed by atoms with Crippen LogP contribution in [0.1, 0.15) is 35.1 Å². The van der Waals surface area contributed by atoms with Crippen molar-refractivity contribution in [1.82, 2.24) is 9.97 Å². The van der Waals surface area contributed by atoms with Crippen LogP contribution in [-0.4, -0.2) is 22.5 Å². The highest BCUT2D eigenvalue weighted by Gasteiger charge is 2.38. The molecule has 0 aliphatic carbocycles. The van der Waals surface area contributed by atoms with Gasteiger partial charge in [0.05, 0.1) is 29.4 Å². The zero-order chi connectivity index (χ0) is 25.8. The highest BCUT2D eigenvalue weighted by molar-refractivity contribution is 7.98. The molecule has 8 heteroatoms. The van der Waals surface area contributed by atoms with Crippen LogP contribution in [0, 0.1) is 5.82 Å². The summed E-state index contributed by atoms with van der Waals surface area (Å²) < 4.78 is 19.6. The van der Waals surface area contributed by atoms with E-state index in [2.05, 4.69) is 10.3 Å². The number of nitrogens with zero attached hydrogens (tertiary/aromatic N) is 1. The number of anilines is 1. The smallest absolute Gasteiger partial charge is 0.337 e. The standard InChI is InChI=1S/C29H24FN3O3S/c1-2-36-28(35)23-22(18-11-5-3-6-12-18)24-26(31-25(23)19-13-7-4-8-14-19)32-29(33-27(24)34)37-17-20-15-9-10-16-21(20)30/h3-16,22H,2,17H2,1H3,(H2,31,32,33,34). The lowest BCUT2D eigenvalue weighted by Gasteiger charge is -2.30. The molecule has 0 amide bonds. The average molecular weight is 514 g/mol. The lowest BCUT2D eigenvalue weighted by Crippen LogP contribution is -2.31. The number of aromatic amines is 1. The number of halogens is 1. The van der Waals surface area contributed by atoms with Crippen LogP contribution < -0.4 is 10.9 Å². The van der Waals surface area contributed by atoms with E-state index >= 15 is 0 Å². The quantitative estimate of drug-likeness (QED) is 0.186. The summed E-state index contributed by atoms with van der Waals surface area (Å²) in [5.74, 6) is -0.878. The molecule has 2 heterocycles. The van der Waals surface area contributed by atoms with Crippen LogP contribution >= 0.6 is 11.8 Å². The van der Waals surface area contributed by atoms with Crippen LogP contribution in [0.4, 0.5) is 10.2 Å². The van der Waals surface area contributed by atoms with Crippen molar-refractivity contribution in [3.8, 4) is 0 Å². The molecular weight excluding hydrogens is 489 g/mol. The summed E-state index contributed by atoms with van der Waals surface area (Å²) in [5.41, 5.74) is 2.85. The van der Waals surface area contributed by atoms with E-state index in [1.807, 2.05) is 60.7 Å². The first-order valence-electron chi connectivity index (χ1n) is 11.9. The SMILES string of the molecule is CCOC(=O)C1=C(c2ccccc2)Nc2nc(SCc3ccccc3F)[nH]c(=O)c2C1c1ccccc1. The van der Waals surface area contributed by atoms with Gasteiger partial charge in [0.15, 0.2) is 5.16 Å². The van der Waals surface area contributed by atoms with Crippen molar-refractivity contribution in [2.24, 2.45) is 0 Å². The third-order valence-corrected chi connectivity index (χ3v) is 6.96. The second-order valence-corrected chi connectivity index (χ2v) is 9.32. The number of fused-ring (bicyclic) bond motifs is 1. The topological polar surface area (TPSA) is 84.1 Å². The first-order chi connectivity index (χ1) is 18.1. The van der Waals surface area contributed by atoms with Crippen molar-refractivity contribution in [3.05, 3.63) is 129 Å². The Balaban J connectivity index is 1.65. The molecule has 4 aromatic rings. The first kappa shape index (κ1) is 24.5. The summed E-state index contributed by atoms with van der Waals surface area (Å²) in [6, 6.07) is 25.3. The molecule has 186 valence electrons. The van der Waals surface area contributed by atoms with Gasteiger partial charge >= 0.3 is 5.97 Å². The Kier molecular flexibility index (Phi) is 7.18. The monoisotopic (exact) mass is 513 g/mol. The van der Waals surface area contributed by atoms with Crippen LogP contribution in [0.15, 0.2) is 100 Å². The maximum Gasteiger partial charge on any atom is 0.337 e. The van der Waals surface area contributed by atoms with Crippen molar-refractivity contribution in [3.63, 3.8) is 0 Å². The fourth-order valence-electron chi connectivity index (χ4n) is 4.37. The zero-order valence-electron chi connectivity index (χ0n) is 20.0. The normalized spacial score (nSPS) is 14.6. The number of esters is 1. The highest BCUT2D eigenvalue weighted by atomic mass is 32.2. The zero-order valence-corrected chi connectivity index (χ0v) is 20.8. The summed E-state index contributed by atoms with van der Waals surface area (Å²) >= 11 is 1.23. The van der Waals surface area contributed by atoms with Crippen LogP contribution in [-0.2, 0) is 15.3 Å². The number of nitrogens with one attached hydrogen (secondary N) is 2. The Morgan fingerprint density at radius 2 is 1.68 bits per heavy atom. The minimum Gasteiger partial charge on any atom is -0.463 e. The van der Waals surface area contributed by atoms with E-state index in [0.29, 0.717) is 39.1 Å². The van der Waals surface area contributed by atoms with E-state index in [-0.39, 0.29) is 18.0 Å². The molecule has 37 heavy (non-hydrogen) atoms. The molecule has 0 saturated carbocycles. The maximum absolute atomic E-state index is 14.1. The van der Waals surface area contributed by atoms with Gasteiger partial charge in [-0.25, -0.2) is 14.2 Å². The average Bonchev–Trinajstić information content (AvgIpc) is 2.92. The molecule has 0 radical (unpaired) electrons. The number of rotatable bonds is 7. The molecule has 1 aliphatic heterocycles. The number of benzene rings is 3. The summed E-state index contributed by atoms with van der Waals surface area (Å²) in [5, 5.41) is 3.60. The van der Waals surface area contributed by atoms with Crippen LogP contribution in [0.5, 0.6) is 0 Å². The lowest BCUT2D eigenvalue weighted by molar-refractivity contribution is -0.138. The van der Waals surface area contributed by atoms with Gasteiger partial charge in [0.25, 0.3) is 5.56 Å². The third-order valence-electron chi connectivity index (χ3n) is 6.04. The van der Waals surface area contributed by atoms with Crippen LogP contribution in [0.3, 0.4) is 0 Å². The number of H-pyrrole nitrogens is 1. The lowest BCUT2D eigenvalue weighted by atomic mass is 9.81.